The van der Waals surface area contributed by atoms with Gasteiger partial charge in [0, 0.05) is 12.3 Å². The molecule has 0 fully saturated rings. The number of nitrogens with zero attached hydrogens (tertiary/aromatic N) is 5. The van der Waals surface area contributed by atoms with E-state index < -0.39 is 5.60 Å². The average Bonchev–Trinajstić information content (AvgIpc) is 2.87. The highest BCUT2D eigenvalue weighted by atomic mass is 16.3. The van der Waals surface area contributed by atoms with E-state index in [4.69, 9.17) is 0 Å². The highest BCUT2D eigenvalue weighted by molar-refractivity contribution is 5.38. The van der Waals surface area contributed by atoms with E-state index in [1.165, 1.54) is 10.5 Å². The highest BCUT2D eigenvalue weighted by Gasteiger charge is 2.20. The fraction of sp³-hybridized carbons (Fsp3) is 0.286. The van der Waals surface area contributed by atoms with Crippen LogP contribution in [0.25, 0.3) is 5.65 Å². The van der Waals surface area contributed by atoms with E-state index in [0.717, 1.165) is 0 Å². The molecule has 21 heavy (non-hydrogen) atoms. The summed E-state index contributed by atoms with van der Waals surface area (Å²) in [4.78, 5) is 16.4. The maximum atomic E-state index is 12.0. The number of rotatable bonds is 3. The molecular weight excluding hydrogens is 270 g/mol. The van der Waals surface area contributed by atoms with Crippen LogP contribution in [0.3, 0.4) is 0 Å². The SMILES string of the molecule is CC(C)(O)c1cn(Cc2cc(=O)n3ccccc3n2)nn1. The molecule has 0 aliphatic carbocycles. The molecule has 0 bridgehead atoms. The Morgan fingerprint density at radius 2 is 2.14 bits per heavy atom. The fourth-order valence-corrected chi connectivity index (χ4v) is 2.01. The topological polar surface area (TPSA) is 85.3 Å². The predicted octanol–water partition coefficient (Wildman–Crippen LogP) is 0.562. The van der Waals surface area contributed by atoms with E-state index in [9.17, 15) is 9.90 Å². The molecule has 108 valence electrons. The second-order valence-electron chi connectivity index (χ2n) is 5.37. The standard InChI is InChI=1S/C14H15N5O2/c1-14(2,21)11-9-18(17-16-11)8-10-7-13(20)19-6-4-3-5-12(19)15-10/h3-7,9,21H,8H2,1-2H3. The van der Waals surface area contributed by atoms with Gasteiger partial charge < -0.3 is 5.11 Å². The molecule has 0 atom stereocenters. The fourth-order valence-electron chi connectivity index (χ4n) is 2.01. The number of hydrogen-bond acceptors (Lipinski definition) is 5. The summed E-state index contributed by atoms with van der Waals surface area (Å²) in [6.45, 7) is 3.60. The van der Waals surface area contributed by atoms with Crippen molar-refractivity contribution < 1.29 is 5.11 Å². The van der Waals surface area contributed by atoms with E-state index >= 15 is 0 Å². The number of aliphatic hydroxyl groups is 1. The molecule has 0 amide bonds. The summed E-state index contributed by atoms with van der Waals surface area (Å²) in [5.41, 5.74) is 0.467. The number of hydrogen-bond donors (Lipinski definition) is 1. The van der Waals surface area contributed by atoms with Gasteiger partial charge in [0.25, 0.3) is 5.56 Å². The van der Waals surface area contributed by atoms with Crippen LogP contribution in [0.2, 0.25) is 0 Å². The normalized spacial score (nSPS) is 12.0. The Kier molecular flexibility index (Phi) is 3.06. The van der Waals surface area contributed by atoms with Crippen LogP contribution in [0.15, 0.2) is 41.5 Å². The predicted molar refractivity (Wildman–Crippen MR) is 75.8 cm³/mol. The van der Waals surface area contributed by atoms with Crippen LogP contribution in [0, 0.1) is 0 Å². The lowest BCUT2D eigenvalue weighted by molar-refractivity contribution is 0.0737. The number of pyridine rings is 1. The minimum absolute atomic E-state index is 0.140. The second-order valence-corrected chi connectivity index (χ2v) is 5.37. The van der Waals surface area contributed by atoms with Gasteiger partial charge in [-0.3, -0.25) is 9.20 Å². The quantitative estimate of drug-likeness (QED) is 0.760. The Labute approximate surface area is 120 Å². The summed E-state index contributed by atoms with van der Waals surface area (Å²) in [6, 6.07) is 6.85. The molecule has 0 saturated heterocycles. The molecule has 3 rings (SSSR count). The molecular formula is C14H15N5O2. The smallest absolute Gasteiger partial charge is 0.258 e. The zero-order valence-electron chi connectivity index (χ0n) is 11.8. The molecule has 0 saturated carbocycles. The molecule has 0 aromatic carbocycles. The Bertz CT molecular complexity index is 844. The zero-order chi connectivity index (χ0) is 15.0. The Balaban J connectivity index is 1.95. The summed E-state index contributed by atoms with van der Waals surface area (Å²) < 4.78 is 3.03. The first-order valence-electron chi connectivity index (χ1n) is 6.54. The molecule has 0 spiro atoms. The first-order valence-corrected chi connectivity index (χ1v) is 6.54. The monoisotopic (exact) mass is 285 g/mol. The average molecular weight is 285 g/mol. The number of aromatic nitrogens is 5. The van der Waals surface area contributed by atoms with Crippen molar-refractivity contribution in [3.63, 3.8) is 0 Å². The molecule has 0 unspecified atom stereocenters. The van der Waals surface area contributed by atoms with E-state index in [0.29, 0.717) is 23.6 Å². The van der Waals surface area contributed by atoms with Gasteiger partial charge >= 0.3 is 0 Å². The maximum Gasteiger partial charge on any atom is 0.258 e. The molecule has 0 aliphatic heterocycles. The lowest BCUT2D eigenvalue weighted by Crippen LogP contribution is -2.17. The van der Waals surface area contributed by atoms with Crippen molar-refractivity contribution >= 4 is 5.65 Å². The van der Waals surface area contributed by atoms with Gasteiger partial charge in [-0.1, -0.05) is 11.3 Å². The lowest BCUT2D eigenvalue weighted by Gasteiger charge is -2.11. The van der Waals surface area contributed by atoms with Crippen molar-refractivity contribution in [2.45, 2.75) is 26.0 Å². The maximum absolute atomic E-state index is 12.0. The van der Waals surface area contributed by atoms with E-state index in [1.54, 1.807) is 43.1 Å². The van der Waals surface area contributed by atoms with Crippen LogP contribution in [0.1, 0.15) is 25.2 Å². The summed E-state index contributed by atoms with van der Waals surface area (Å²) >= 11 is 0. The summed E-state index contributed by atoms with van der Waals surface area (Å²) in [7, 11) is 0. The van der Waals surface area contributed by atoms with Crippen molar-refractivity contribution in [2.24, 2.45) is 0 Å². The lowest BCUT2D eigenvalue weighted by atomic mass is 10.1. The van der Waals surface area contributed by atoms with Crippen molar-refractivity contribution in [3.05, 3.63) is 58.4 Å². The molecule has 3 aromatic heterocycles. The molecule has 3 aromatic rings. The van der Waals surface area contributed by atoms with Gasteiger partial charge in [-0.2, -0.15) is 0 Å². The van der Waals surface area contributed by atoms with Crippen molar-refractivity contribution in [1.82, 2.24) is 24.4 Å². The van der Waals surface area contributed by atoms with Gasteiger partial charge in [-0.25, -0.2) is 9.67 Å². The van der Waals surface area contributed by atoms with Crippen molar-refractivity contribution in [3.8, 4) is 0 Å². The molecule has 7 nitrogen and oxygen atoms in total. The van der Waals surface area contributed by atoms with Gasteiger partial charge in [0.05, 0.1) is 18.4 Å². The molecule has 0 aliphatic rings. The van der Waals surface area contributed by atoms with Crippen LogP contribution in [0.5, 0.6) is 0 Å². The molecule has 0 radical (unpaired) electrons. The van der Waals surface area contributed by atoms with E-state index in [2.05, 4.69) is 15.3 Å². The van der Waals surface area contributed by atoms with Crippen LogP contribution in [-0.4, -0.2) is 29.5 Å². The van der Waals surface area contributed by atoms with Crippen LogP contribution in [0.4, 0.5) is 0 Å². The van der Waals surface area contributed by atoms with Gasteiger partial charge in [-0.05, 0) is 26.0 Å². The van der Waals surface area contributed by atoms with Gasteiger partial charge in [-0.15, -0.1) is 5.10 Å². The van der Waals surface area contributed by atoms with Crippen molar-refractivity contribution in [2.75, 3.05) is 0 Å². The second kappa shape index (κ2) is 4.78. The summed E-state index contributed by atoms with van der Waals surface area (Å²) in [5, 5.41) is 17.7. The number of fused-ring (bicyclic) bond motifs is 1. The summed E-state index contributed by atoms with van der Waals surface area (Å²) in [5.74, 6) is 0. The third kappa shape index (κ3) is 2.68. The minimum Gasteiger partial charge on any atom is -0.384 e. The largest absolute Gasteiger partial charge is 0.384 e. The molecule has 1 N–H and O–H groups in total. The van der Waals surface area contributed by atoms with Crippen molar-refractivity contribution in [1.29, 1.82) is 0 Å². The van der Waals surface area contributed by atoms with Crippen LogP contribution >= 0.6 is 0 Å². The first kappa shape index (κ1) is 13.4. The minimum atomic E-state index is -1.05. The van der Waals surface area contributed by atoms with E-state index in [1.807, 2.05) is 6.07 Å². The molecule has 7 heteroatoms. The Hall–Kier alpha value is -2.54. The van der Waals surface area contributed by atoms with Gasteiger partial charge in [0.15, 0.2) is 0 Å². The third-order valence-electron chi connectivity index (χ3n) is 3.11. The van der Waals surface area contributed by atoms with Crippen LogP contribution < -0.4 is 5.56 Å². The Morgan fingerprint density at radius 3 is 2.86 bits per heavy atom. The highest BCUT2D eigenvalue weighted by Crippen LogP contribution is 2.15. The molecule has 3 heterocycles. The first-order chi connectivity index (χ1) is 9.93. The third-order valence-corrected chi connectivity index (χ3v) is 3.11. The van der Waals surface area contributed by atoms with Gasteiger partial charge in [0.1, 0.15) is 16.9 Å². The van der Waals surface area contributed by atoms with Crippen LogP contribution in [-0.2, 0) is 12.1 Å². The van der Waals surface area contributed by atoms with Gasteiger partial charge in [0.2, 0.25) is 0 Å². The Morgan fingerprint density at radius 1 is 1.33 bits per heavy atom. The van der Waals surface area contributed by atoms with E-state index in [-0.39, 0.29) is 5.56 Å². The summed E-state index contributed by atoms with van der Waals surface area (Å²) in [6.07, 6.45) is 3.32. The zero-order valence-corrected chi connectivity index (χ0v) is 11.8.